The lowest BCUT2D eigenvalue weighted by atomic mass is 10.2. The highest BCUT2D eigenvalue weighted by Crippen LogP contribution is 2.33. The molecular formula is C20H19ClN4S. The van der Waals surface area contributed by atoms with E-state index >= 15 is 0 Å². The van der Waals surface area contributed by atoms with Crippen molar-refractivity contribution in [3.8, 4) is 0 Å². The zero-order valence-electron chi connectivity index (χ0n) is 14.5. The van der Waals surface area contributed by atoms with Gasteiger partial charge in [0.2, 0.25) is 5.95 Å². The predicted molar refractivity (Wildman–Crippen MR) is 114 cm³/mol. The second kappa shape index (κ2) is 7.72. The van der Waals surface area contributed by atoms with Crippen LogP contribution in [0.2, 0.25) is 0 Å². The van der Waals surface area contributed by atoms with E-state index in [0.717, 1.165) is 33.0 Å². The van der Waals surface area contributed by atoms with Crippen LogP contribution in [0.25, 0.3) is 10.2 Å². The molecule has 0 saturated heterocycles. The summed E-state index contributed by atoms with van der Waals surface area (Å²) in [4.78, 5) is 12.5. The molecule has 132 valence electrons. The molecule has 0 bridgehead atoms. The molecule has 0 radical (unpaired) electrons. The van der Waals surface area contributed by atoms with Crippen molar-refractivity contribution >= 4 is 57.1 Å². The van der Waals surface area contributed by atoms with Crippen LogP contribution in [-0.2, 0) is 0 Å². The van der Waals surface area contributed by atoms with Crippen molar-refractivity contribution in [1.29, 1.82) is 0 Å². The summed E-state index contributed by atoms with van der Waals surface area (Å²) < 4.78 is 0. The number of aryl methyl sites for hydroxylation is 1. The van der Waals surface area contributed by atoms with Crippen molar-refractivity contribution < 1.29 is 0 Å². The van der Waals surface area contributed by atoms with Gasteiger partial charge in [-0.3, -0.25) is 0 Å². The van der Waals surface area contributed by atoms with E-state index in [1.807, 2.05) is 43.4 Å². The summed E-state index contributed by atoms with van der Waals surface area (Å²) in [7, 11) is 2.03. The largest absolute Gasteiger partial charge is 0.329 e. The number of anilines is 4. The number of hydrogen-bond donors (Lipinski definition) is 1. The minimum Gasteiger partial charge on any atom is -0.329 e. The fourth-order valence-electron chi connectivity index (χ4n) is 2.76. The first-order valence-electron chi connectivity index (χ1n) is 8.09. The summed E-state index contributed by atoms with van der Waals surface area (Å²) in [6.07, 6.45) is 0. The lowest BCUT2D eigenvalue weighted by molar-refractivity contribution is 1.12. The normalized spacial score (nSPS) is 10.4. The molecule has 0 amide bonds. The second-order valence-electron chi connectivity index (χ2n) is 5.84. The van der Waals surface area contributed by atoms with Gasteiger partial charge in [0.15, 0.2) is 0 Å². The molecular weight excluding hydrogens is 364 g/mol. The Morgan fingerprint density at radius 1 is 0.923 bits per heavy atom. The van der Waals surface area contributed by atoms with E-state index in [0.29, 0.717) is 5.95 Å². The molecule has 0 unspecified atom stereocenters. The molecule has 4 rings (SSSR count). The SMILES string of the molecule is Cc1ccccc1Nc1nc(N(C)c2ccccc2)c2ccsc2n1.Cl. The van der Waals surface area contributed by atoms with Crippen molar-refractivity contribution in [1.82, 2.24) is 9.97 Å². The van der Waals surface area contributed by atoms with Gasteiger partial charge in [-0.25, -0.2) is 4.98 Å². The summed E-state index contributed by atoms with van der Waals surface area (Å²) >= 11 is 1.63. The van der Waals surface area contributed by atoms with E-state index in [1.165, 1.54) is 0 Å². The fourth-order valence-corrected chi connectivity index (χ4v) is 3.52. The maximum absolute atomic E-state index is 4.80. The summed E-state index contributed by atoms with van der Waals surface area (Å²) in [6.45, 7) is 2.07. The molecule has 2 aromatic carbocycles. The van der Waals surface area contributed by atoms with E-state index < -0.39 is 0 Å². The van der Waals surface area contributed by atoms with Gasteiger partial charge in [0.1, 0.15) is 10.6 Å². The summed E-state index contributed by atoms with van der Waals surface area (Å²) in [6, 6.07) is 20.5. The quantitative estimate of drug-likeness (QED) is 0.474. The fraction of sp³-hybridized carbons (Fsp3) is 0.100. The Morgan fingerprint density at radius 2 is 1.65 bits per heavy atom. The molecule has 6 heteroatoms. The molecule has 0 aliphatic heterocycles. The van der Waals surface area contributed by atoms with Crippen molar-refractivity contribution in [3.05, 3.63) is 71.6 Å². The van der Waals surface area contributed by atoms with Crippen molar-refractivity contribution in [3.63, 3.8) is 0 Å². The van der Waals surface area contributed by atoms with Crippen LogP contribution in [0.15, 0.2) is 66.0 Å². The van der Waals surface area contributed by atoms with E-state index in [9.17, 15) is 0 Å². The van der Waals surface area contributed by atoms with Gasteiger partial charge < -0.3 is 10.2 Å². The van der Waals surface area contributed by atoms with E-state index in [-0.39, 0.29) is 12.4 Å². The number of rotatable bonds is 4. The van der Waals surface area contributed by atoms with Crippen molar-refractivity contribution in [2.45, 2.75) is 6.92 Å². The van der Waals surface area contributed by atoms with Gasteiger partial charge in [-0.2, -0.15) is 4.98 Å². The molecule has 0 atom stereocenters. The molecule has 4 aromatic rings. The number of nitrogens with one attached hydrogen (secondary N) is 1. The minimum atomic E-state index is 0. The average Bonchev–Trinajstić information content (AvgIpc) is 3.12. The van der Waals surface area contributed by atoms with Gasteiger partial charge in [-0.15, -0.1) is 23.7 Å². The molecule has 2 heterocycles. The number of para-hydroxylation sites is 2. The minimum absolute atomic E-state index is 0. The van der Waals surface area contributed by atoms with Crippen LogP contribution >= 0.6 is 23.7 Å². The lowest BCUT2D eigenvalue weighted by Gasteiger charge is -2.20. The van der Waals surface area contributed by atoms with Crippen LogP contribution in [0.5, 0.6) is 0 Å². The van der Waals surface area contributed by atoms with Crippen molar-refractivity contribution in [2.24, 2.45) is 0 Å². The number of benzene rings is 2. The summed E-state index contributed by atoms with van der Waals surface area (Å²) in [5.41, 5.74) is 3.28. The zero-order chi connectivity index (χ0) is 17.2. The highest BCUT2D eigenvalue weighted by Gasteiger charge is 2.14. The third-order valence-corrected chi connectivity index (χ3v) is 4.96. The standard InChI is InChI=1S/C20H18N4S.ClH/c1-14-8-6-7-11-17(14)21-20-22-18(16-12-13-25-19(16)23-20)24(2)15-9-4-3-5-10-15;/h3-13H,1-2H3,(H,21,22,23);1H. The third kappa shape index (κ3) is 3.49. The Balaban J connectivity index is 0.00000196. The van der Waals surface area contributed by atoms with Gasteiger partial charge in [-0.1, -0.05) is 36.4 Å². The molecule has 0 fully saturated rings. The monoisotopic (exact) mass is 382 g/mol. The summed E-state index contributed by atoms with van der Waals surface area (Å²) in [5.74, 6) is 1.51. The van der Waals surface area contributed by atoms with Crippen LogP contribution in [-0.4, -0.2) is 17.0 Å². The molecule has 2 aromatic heterocycles. The Bertz CT molecular complexity index is 1020. The number of aromatic nitrogens is 2. The average molecular weight is 383 g/mol. The zero-order valence-corrected chi connectivity index (χ0v) is 16.1. The molecule has 0 aliphatic carbocycles. The van der Waals surface area contributed by atoms with Crippen LogP contribution in [0.1, 0.15) is 5.56 Å². The molecule has 4 nitrogen and oxygen atoms in total. The topological polar surface area (TPSA) is 41.1 Å². The lowest BCUT2D eigenvalue weighted by Crippen LogP contribution is -2.13. The molecule has 0 spiro atoms. The van der Waals surface area contributed by atoms with Gasteiger partial charge in [0.05, 0.1) is 5.39 Å². The predicted octanol–water partition coefficient (Wildman–Crippen LogP) is 5.93. The Hall–Kier alpha value is -2.63. The van der Waals surface area contributed by atoms with Crippen molar-refractivity contribution in [2.75, 3.05) is 17.3 Å². The maximum Gasteiger partial charge on any atom is 0.230 e. The molecule has 26 heavy (non-hydrogen) atoms. The number of thiophene rings is 1. The van der Waals surface area contributed by atoms with E-state index in [1.54, 1.807) is 11.3 Å². The highest BCUT2D eigenvalue weighted by atomic mass is 35.5. The van der Waals surface area contributed by atoms with E-state index in [4.69, 9.17) is 4.98 Å². The Labute approximate surface area is 162 Å². The van der Waals surface area contributed by atoms with Crippen LogP contribution in [0, 0.1) is 6.92 Å². The smallest absolute Gasteiger partial charge is 0.230 e. The van der Waals surface area contributed by atoms with Crippen LogP contribution < -0.4 is 10.2 Å². The van der Waals surface area contributed by atoms with E-state index in [2.05, 4.69) is 51.8 Å². The highest BCUT2D eigenvalue weighted by molar-refractivity contribution is 7.16. The molecule has 1 N–H and O–H groups in total. The third-order valence-electron chi connectivity index (χ3n) is 4.16. The second-order valence-corrected chi connectivity index (χ2v) is 6.74. The summed E-state index contributed by atoms with van der Waals surface area (Å²) in [5, 5.41) is 6.48. The number of nitrogens with zero attached hydrogens (tertiary/aromatic N) is 3. The van der Waals surface area contributed by atoms with Gasteiger partial charge in [0.25, 0.3) is 0 Å². The molecule has 0 aliphatic rings. The van der Waals surface area contributed by atoms with Gasteiger partial charge in [-0.05, 0) is 42.1 Å². The molecule has 0 saturated carbocycles. The Morgan fingerprint density at radius 3 is 2.42 bits per heavy atom. The van der Waals surface area contributed by atoms with Crippen LogP contribution in [0.4, 0.5) is 23.1 Å². The first-order valence-corrected chi connectivity index (χ1v) is 8.97. The Kier molecular flexibility index (Phi) is 5.40. The maximum atomic E-state index is 4.80. The number of halogens is 1. The van der Waals surface area contributed by atoms with Crippen LogP contribution in [0.3, 0.4) is 0 Å². The number of hydrogen-bond acceptors (Lipinski definition) is 5. The first kappa shape index (κ1) is 18.2. The number of fused-ring (bicyclic) bond motifs is 1. The first-order chi connectivity index (χ1) is 12.2. The van der Waals surface area contributed by atoms with Gasteiger partial charge >= 0.3 is 0 Å². The van der Waals surface area contributed by atoms with Gasteiger partial charge in [0, 0.05) is 18.4 Å².